The van der Waals surface area contributed by atoms with Gasteiger partial charge in [0.05, 0.1) is 22.9 Å². The van der Waals surface area contributed by atoms with Crippen LogP contribution in [0.2, 0.25) is 0 Å². The third-order valence-corrected chi connectivity index (χ3v) is 5.91. The zero-order valence-corrected chi connectivity index (χ0v) is 21.1. The van der Waals surface area contributed by atoms with Crippen molar-refractivity contribution in [3.8, 4) is 22.8 Å². The van der Waals surface area contributed by atoms with E-state index in [-0.39, 0.29) is 0 Å². The highest BCUT2D eigenvalue weighted by Crippen LogP contribution is 2.33. The largest absolute Gasteiger partial charge is 0.494 e. The highest BCUT2D eigenvalue weighted by Gasteiger charge is 2.30. The number of carboxylic acids is 1. The van der Waals surface area contributed by atoms with E-state index in [0.29, 0.717) is 23.7 Å². The Balaban J connectivity index is 0.00000210. The lowest BCUT2D eigenvalue weighted by atomic mass is 10.1. The molecule has 3 rings (SSSR count). The van der Waals surface area contributed by atoms with E-state index in [9.17, 15) is 18.0 Å². The van der Waals surface area contributed by atoms with Crippen LogP contribution in [0.15, 0.2) is 42.5 Å². The lowest BCUT2D eigenvalue weighted by molar-refractivity contribution is -0.139. The Labute approximate surface area is 207 Å². The summed E-state index contributed by atoms with van der Waals surface area (Å²) in [6, 6.07) is 10.3. The first-order chi connectivity index (χ1) is 16.6. The van der Waals surface area contributed by atoms with Crippen LogP contribution in [0.4, 0.5) is 13.2 Å². The third-order valence-electron chi connectivity index (χ3n) is 4.88. The molecule has 0 radical (unpaired) electrons. The monoisotopic (exact) mass is 509 g/mol. The van der Waals surface area contributed by atoms with Crippen LogP contribution in [-0.4, -0.2) is 29.3 Å². The highest BCUT2D eigenvalue weighted by molar-refractivity contribution is 7.12. The molecule has 0 spiro atoms. The van der Waals surface area contributed by atoms with Crippen LogP contribution in [0, 0.1) is 13.8 Å². The minimum atomic E-state index is -4.35. The molecule has 5 nitrogen and oxygen atoms in total. The quantitative estimate of drug-likeness (QED) is 0.290. The van der Waals surface area contributed by atoms with E-state index in [0.717, 1.165) is 52.5 Å². The molecule has 35 heavy (non-hydrogen) atoms. The zero-order chi connectivity index (χ0) is 26.0. The first-order valence-corrected chi connectivity index (χ1v) is 12.2. The Morgan fingerprint density at radius 3 is 2.31 bits per heavy atom. The van der Waals surface area contributed by atoms with Gasteiger partial charge in [-0.1, -0.05) is 26.0 Å². The molecule has 2 aromatic carbocycles. The molecule has 1 N–H and O–H groups in total. The van der Waals surface area contributed by atoms with E-state index in [2.05, 4.69) is 4.98 Å². The van der Waals surface area contributed by atoms with Gasteiger partial charge in [0.15, 0.2) is 6.61 Å². The van der Waals surface area contributed by atoms with Crippen LogP contribution in [0.1, 0.15) is 47.7 Å². The number of benzene rings is 2. The molecule has 0 amide bonds. The van der Waals surface area contributed by atoms with E-state index >= 15 is 0 Å². The predicted octanol–water partition coefficient (Wildman–Crippen LogP) is 7.34. The van der Waals surface area contributed by atoms with Crippen molar-refractivity contribution in [2.45, 2.75) is 53.1 Å². The fourth-order valence-corrected chi connectivity index (χ4v) is 4.22. The summed E-state index contributed by atoms with van der Waals surface area (Å²) in [6.45, 7) is 7.87. The number of halogens is 3. The summed E-state index contributed by atoms with van der Waals surface area (Å²) in [5.74, 6) is 0.161. The highest BCUT2D eigenvalue weighted by atomic mass is 32.1. The molecule has 1 aromatic heterocycles. The average molecular weight is 510 g/mol. The number of thiazole rings is 1. The maximum absolute atomic E-state index is 12.8. The summed E-state index contributed by atoms with van der Waals surface area (Å²) in [7, 11) is 0. The number of nitrogens with zero attached hydrogens (tertiary/aromatic N) is 1. The SMILES string of the molecule is CC.Cc1cc(OCCCCc2nc(-c3ccc(C(F)(F)F)cc3)c(C)s2)ccc1OCC(=O)O. The molecule has 190 valence electrons. The normalized spacial score (nSPS) is 10.9. The van der Waals surface area contributed by atoms with Gasteiger partial charge in [0, 0.05) is 10.4 Å². The second-order valence-electron chi connectivity index (χ2n) is 7.50. The van der Waals surface area contributed by atoms with Crippen molar-refractivity contribution in [1.82, 2.24) is 4.98 Å². The van der Waals surface area contributed by atoms with Gasteiger partial charge in [0.2, 0.25) is 0 Å². The average Bonchev–Trinajstić information content (AvgIpc) is 3.19. The Bertz CT molecular complexity index is 1090. The molecule has 0 unspecified atom stereocenters. The third kappa shape index (κ3) is 8.58. The Hall–Kier alpha value is -3.07. The van der Waals surface area contributed by atoms with E-state index in [1.807, 2.05) is 27.7 Å². The van der Waals surface area contributed by atoms with E-state index in [1.54, 1.807) is 29.5 Å². The van der Waals surface area contributed by atoms with Crippen molar-refractivity contribution in [2.24, 2.45) is 0 Å². The van der Waals surface area contributed by atoms with Crippen molar-refractivity contribution >= 4 is 17.3 Å². The number of ether oxygens (including phenoxy) is 2. The van der Waals surface area contributed by atoms with Gasteiger partial charge in [-0.15, -0.1) is 11.3 Å². The van der Waals surface area contributed by atoms with Gasteiger partial charge in [-0.3, -0.25) is 0 Å². The number of aryl methyl sites for hydroxylation is 3. The summed E-state index contributed by atoms with van der Waals surface area (Å²) in [6.07, 6.45) is -1.92. The number of alkyl halides is 3. The molecule has 0 saturated carbocycles. The molecule has 0 aliphatic rings. The van der Waals surface area contributed by atoms with Crippen LogP contribution in [-0.2, 0) is 17.4 Å². The molecule has 0 bridgehead atoms. The maximum atomic E-state index is 12.8. The van der Waals surface area contributed by atoms with Gasteiger partial charge in [0.25, 0.3) is 0 Å². The van der Waals surface area contributed by atoms with E-state index in [4.69, 9.17) is 14.6 Å². The van der Waals surface area contributed by atoms with E-state index < -0.39 is 24.3 Å². The second kappa shape index (κ2) is 13.1. The fraction of sp³-hybridized carbons (Fsp3) is 0.385. The van der Waals surface area contributed by atoms with Gasteiger partial charge < -0.3 is 14.6 Å². The lowest BCUT2D eigenvalue weighted by Gasteiger charge is -2.10. The molecule has 0 aliphatic carbocycles. The molecule has 0 aliphatic heterocycles. The summed E-state index contributed by atoms with van der Waals surface area (Å²) in [5, 5.41) is 9.63. The first kappa shape index (κ1) is 28.2. The number of unbranched alkanes of at least 4 members (excludes halogenated alkanes) is 1. The van der Waals surface area contributed by atoms with Crippen molar-refractivity contribution < 1.29 is 32.5 Å². The minimum Gasteiger partial charge on any atom is -0.494 e. The summed E-state index contributed by atoms with van der Waals surface area (Å²) >= 11 is 1.55. The van der Waals surface area contributed by atoms with Gasteiger partial charge in [-0.2, -0.15) is 13.2 Å². The topological polar surface area (TPSA) is 68.7 Å². The molecule has 3 aromatic rings. The Morgan fingerprint density at radius 2 is 1.71 bits per heavy atom. The maximum Gasteiger partial charge on any atom is 0.416 e. The molecular weight excluding hydrogens is 479 g/mol. The minimum absolute atomic E-state index is 0.391. The molecular formula is C26H30F3NO4S. The van der Waals surface area contributed by atoms with E-state index in [1.165, 1.54) is 12.1 Å². The Kier molecular flexibility index (Phi) is 10.6. The molecule has 1 heterocycles. The molecule has 0 saturated heterocycles. The number of carbonyl (C=O) groups is 1. The summed E-state index contributed by atoms with van der Waals surface area (Å²) in [4.78, 5) is 16.2. The van der Waals surface area contributed by atoms with Crippen LogP contribution in [0.5, 0.6) is 11.5 Å². The van der Waals surface area contributed by atoms with Gasteiger partial charge in [-0.05, 0) is 69.0 Å². The number of hydrogen-bond acceptors (Lipinski definition) is 5. The van der Waals surface area contributed by atoms with Gasteiger partial charge in [-0.25, -0.2) is 9.78 Å². The summed E-state index contributed by atoms with van der Waals surface area (Å²) in [5.41, 5.74) is 1.53. The van der Waals surface area contributed by atoms with Gasteiger partial charge in [0.1, 0.15) is 11.5 Å². The lowest BCUT2D eigenvalue weighted by Crippen LogP contribution is -2.10. The number of hydrogen-bond donors (Lipinski definition) is 1. The van der Waals surface area contributed by atoms with Crippen molar-refractivity contribution in [1.29, 1.82) is 0 Å². The zero-order valence-electron chi connectivity index (χ0n) is 20.2. The second-order valence-corrected chi connectivity index (χ2v) is 8.79. The van der Waals surface area contributed by atoms with Crippen molar-refractivity contribution in [3.05, 3.63) is 63.5 Å². The summed E-state index contributed by atoms with van der Waals surface area (Å²) < 4.78 is 49.2. The smallest absolute Gasteiger partial charge is 0.416 e. The van der Waals surface area contributed by atoms with Crippen LogP contribution in [0.25, 0.3) is 11.3 Å². The fourth-order valence-electron chi connectivity index (χ4n) is 3.22. The standard InChI is InChI=1S/C24H24F3NO4S.C2H6/c1-15-13-19(10-11-20(15)32-14-22(29)30)31-12-4-3-5-21-28-23(16(2)33-21)17-6-8-18(9-7-17)24(25,26)27;1-2/h6-11,13H,3-5,12,14H2,1-2H3,(H,29,30);1-2H3. The molecule has 9 heteroatoms. The number of rotatable bonds is 10. The van der Waals surface area contributed by atoms with Crippen LogP contribution < -0.4 is 9.47 Å². The van der Waals surface area contributed by atoms with Crippen molar-refractivity contribution in [2.75, 3.05) is 13.2 Å². The number of carboxylic acid groups (broad SMARTS) is 1. The number of aliphatic carboxylic acids is 1. The predicted molar refractivity (Wildman–Crippen MR) is 131 cm³/mol. The number of aromatic nitrogens is 1. The molecule has 0 fully saturated rings. The van der Waals surface area contributed by atoms with Crippen LogP contribution >= 0.6 is 11.3 Å². The van der Waals surface area contributed by atoms with Gasteiger partial charge >= 0.3 is 12.1 Å². The van der Waals surface area contributed by atoms with Crippen LogP contribution in [0.3, 0.4) is 0 Å². The van der Waals surface area contributed by atoms with Crippen molar-refractivity contribution in [3.63, 3.8) is 0 Å². The first-order valence-electron chi connectivity index (χ1n) is 11.4. The molecule has 0 atom stereocenters. The Morgan fingerprint density at radius 1 is 1.03 bits per heavy atom.